The van der Waals surface area contributed by atoms with Crippen LogP contribution >= 0.6 is 0 Å². The number of hydrogen-bond donors (Lipinski definition) is 2. The van der Waals surface area contributed by atoms with Crippen LogP contribution in [-0.4, -0.2) is 23.5 Å². The number of amides is 1. The van der Waals surface area contributed by atoms with Crippen molar-refractivity contribution in [2.75, 3.05) is 6.54 Å². The van der Waals surface area contributed by atoms with E-state index in [-0.39, 0.29) is 18.9 Å². The molecule has 1 amide bonds. The van der Waals surface area contributed by atoms with Crippen molar-refractivity contribution in [3.63, 3.8) is 0 Å². The van der Waals surface area contributed by atoms with Crippen LogP contribution in [0.25, 0.3) is 0 Å². The standard InChI is InChI=1S/C17H20F3NO3/c18-17(19,20)13-6-3-5-12(11-13)16(8-1-2-9-16)15(24)21-10-4-7-14(22)23/h3,5-6,11H,1-2,4,7-10H2,(H,21,24)(H,22,23). The molecule has 1 aromatic carbocycles. The van der Waals surface area contributed by atoms with Gasteiger partial charge in [-0.3, -0.25) is 9.59 Å². The minimum atomic E-state index is -4.45. The fraction of sp³-hybridized carbons (Fsp3) is 0.529. The number of alkyl halides is 3. The Balaban J connectivity index is 2.18. The first kappa shape index (κ1) is 18.3. The monoisotopic (exact) mass is 343 g/mol. The van der Waals surface area contributed by atoms with Crippen molar-refractivity contribution in [3.8, 4) is 0 Å². The van der Waals surface area contributed by atoms with Gasteiger partial charge in [0.2, 0.25) is 5.91 Å². The molecule has 0 aliphatic heterocycles. The number of halogens is 3. The Kier molecular flexibility index (Phi) is 5.51. The van der Waals surface area contributed by atoms with Gasteiger partial charge in [-0.05, 0) is 30.9 Å². The predicted molar refractivity (Wildman–Crippen MR) is 81.5 cm³/mol. The molecule has 7 heteroatoms. The third-order valence-corrected chi connectivity index (χ3v) is 4.49. The zero-order valence-corrected chi connectivity index (χ0v) is 13.2. The van der Waals surface area contributed by atoms with Crippen LogP contribution in [0.3, 0.4) is 0 Å². The van der Waals surface area contributed by atoms with E-state index in [1.54, 1.807) is 6.07 Å². The number of benzene rings is 1. The molecule has 24 heavy (non-hydrogen) atoms. The van der Waals surface area contributed by atoms with Crippen LogP contribution in [0.5, 0.6) is 0 Å². The van der Waals surface area contributed by atoms with Crippen molar-refractivity contribution < 1.29 is 27.9 Å². The molecule has 0 atom stereocenters. The first-order valence-corrected chi connectivity index (χ1v) is 7.93. The Morgan fingerprint density at radius 1 is 1.21 bits per heavy atom. The summed E-state index contributed by atoms with van der Waals surface area (Å²) in [5.74, 6) is -1.26. The number of aliphatic carboxylic acids is 1. The second kappa shape index (κ2) is 7.23. The normalized spacial score (nSPS) is 16.8. The molecule has 2 rings (SSSR count). The lowest BCUT2D eigenvalue weighted by atomic mass is 9.77. The van der Waals surface area contributed by atoms with E-state index in [1.165, 1.54) is 6.07 Å². The van der Waals surface area contributed by atoms with Crippen molar-refractivity contribution in [3.05, 3.63) is 35.4 Å². The van der Waals surface area contributed by atoms with Gasteiger partial charge in [-0.25, -0.2) is 0 Å². The Morgan fingerprint density at radius 2 is 1.88 bits per heavy atom. The van der Waals surface area contributed by atoms with Crippen LogP contribution < -0.4 is 5.32 Å². The van der Waals surface area contributed by atoms with E-state index < -0.39 is 23.1 Å². The first-order chi connectivity index (χ1) is 11.3. The Morgan fingerprint density at radius 3 is 2.46 bits per heavy atom. The van der Waals surface area contributed by atoms with Crippen LogP contribution in [0.4, 0.5) is 13.2 Å². The third kappa shape index (κ3) is 4.07. The number of rotatable bonds is 6. The van der Waals surface area contributed by atoms with E-state index in [9.17, 15) is 22.8 Å². The van der Waals surface area contributed by atoms with Gasteiger partial charge in [0.15, 0.2) is 0 Å². The number of carbonyl (C=O) groups excluding carboxylic acids is 1. The van der Waals surface area contributed by atoms with Crippen molar-refractivity contribution >= 4 is 11.9 Å². The summed E-state index contributed by atoms with van der Waals surface area (Å²) >= 11 is 0. The Labute approximate surface area is 138 Å². The van der Waals surface area contributed by atoms with Crippen LogP contribution in [-0.2, 0) is 21.2 Å². The molecule has 1 saturated carbocycles. The summed E-state index contributed by atoms with van der Waals surface area (Å²) in [5, 5.41) is 11.3. The molecule has 0 heterocycles. The number of hydrogen-bond acceptors (Lipinski definition) is 2. The van der Waals surface area contributed by atoms with Crippen molar-refractivity contribution in [2.24, 2.45) is 0 Å². The molecule has 0 spiro atoms. The van der Waals surface area contributed by atoms with E-state index in [4.69, 9.17) is 5.11 Å². The van der Waals surface area contributed by atoms with Crippen LogP contribution in [0.15, 0.2) is 24.3 Å². The molecular weight excluding hydrogens is 323 g/mol. The fourth-order valence-electron chi connectivity index (χ4n) is 3.23. The average molecular weight is 343 g/mol. The van der Waals surface area contributed by atoms with Crippen LogP contribution in [0.2, 0.25) is 0 Å². The fourth-order valence-corrected chi connectivity index (χ4v) is 3.23. The molecule has 0 radical (unpaired) electrons. The average Bonchev–Trinajstić information content (AvgIpc) is 3.01. The maximum Gasteiger partial charge on any atom is 0.416 e. The Bertz CT molecular complexity index is 607. The molecule has 0 bridgehead atoms. The lowest BCUT2D eigenvalue weighted by molar-refractivity contribution is -0.138. The maximum atomic E-state index is 12.9. The molecule has 1 aromatic rings. The Hall–Kier alpha value is -2.05. The number of carboxylic acid groups (broad SMARTS) is 1. The highest BCUT2D eigenvalue weighted by atomic mass is 19.4. The highest BCUT2D eigenvalue weighted by molar-refractivity contribution is 5.88. The van der Waals surface area contributed by atoms with Gasteiger partial charge >= 0.3 is 12.1 Å². The van der Waals surface area contributed by atoms with Gasteiger partial charge in [-0.2, -0.15) is 13.2 Å². The summed E-state index contributed by atoms with van der Waals surface area (Å²) in [4.78, 5) is 23.1. The lowest BCUT2D eigenvalue weighted by Crippen LogP contribution is -2.43. The highest BCUT2D eigenvalue weighted by Gasteiger charge is 2.43. The molecule has 132 valence electrons. The van der Waals surface area contributed by atoms with Gasteiger partial charge in [0.25, 0.3) is 0 Å². The van der Waals surface area contributed by atoms with Crippen molar-refractivity contribution in [2.45, 2.75) is 50.1 Å². The summed E-state index contributed by atoms with van der Waals surface area (Å²) < 4.78 is 38.8. The second-order valence-corrected chi connectivity index (χ2v) is 6.12. The van der Waals surface area contributed by atoms with Gasteiger partial charge in [-0.15, -0.1) is 0 Å². The number of nitrogens with one attached hydrogen (secondary N) is 1. The highest BCUT2D eigenvalue weighted by Crippen LogP contribution is 2.43. The molecule has 2 N–H and O–H groups in total. The summed E-state index contributed by atoms with van der Waals surface area (Å²) in [6, 6.07) is 4.95. The van der Waals surface area contributed by atoms with E-state index in [1.807, 2.05) is 0 Å². The van der Waals surface area contributed by atoms with E-state index in [0.717, 1.165) is 25.0 Å². The smallest absolute Gasteiger partial charge is 0.416 e. The van der Waals surface area contributed by atoms with Crippen molar-refractivity contribution in [1.82, 2.24) is 5.32 Å². The zero-order valence-electron chi connectivity index (χ0n) is 13.2. The quantitative estimate of drug-likeness (QED) is 0.777. The molecule has 0 unspecified atom stereocenters. The molecule has 0 aromatic heterocycles. The van der Waals surface area contributed by atoms with Gasteiger partial charge in [0, 0.05) is 13.0 Å². The summed E-state index contributed by atoms with van der Waals surface area (Å²) in [5.41, 5.74) is -1.33. The lowest BCUT2D eigenvalue weighted by Gasteiger charge is -2.29. The molecule has 1 aliphatic carbocycles. The summed E-state index contributed by atoms with van der Waals surface area (Å²) in [6.45, 7) is 0.200. The molecule has 1 aliphatic rings. The van der Waals surface area contributed by atoms with Gasteiger partial charge in [0.05, 0.1) is 11.0 Å². The number of carbonyl (C=O) groups is 2. The molecule has 1 fully saturated rings. The third-order valence-electron chi connectivity index (χ3n) is 4.49. The van der Waals surface area contributed by atoms with Crippen molar-refractivity contribution in [1.29, 1.82) is 0 Å². The topological polar surface area (TPSA) is 66.4 Å². The summed E-state index contributed by atoms with van der Waals surface area (Å²) in [7, 11) is 0. The predicted octanol–water partition coefficient (Wildman–Crippen LogP) is 3.50. The summed E-state index contributed by atoms with van der Waals surface area (Å²) in [6.07, 6.45) is -1.67. The van der Waals surface area contributed by atoms with Gasteiger partial charge < -0.3 is 10.4 Å². The molecule has 4 nitrogen and oxygen atoms in total. The SMILES string of the molecule is O=C(O)CCCNC(=O)C1(c2cccc(C(F)(F)F)c2)CCCC1. The largest absolute Gasteiger partial charge is 0.481 e. The number of carboxylic acids is 1. The van der Waals surface area contributed by atoms with Crippen LogP contribution in [0, 0.1) is 0 Å². The van der Waals surface area contributed by atoms with E-state index >= 15 is 0 Å². The molecular formula is C17H20F3NO3. The maximum absolute atomic E-state index is 12.9. The minimum Gasteiger partial charge on any atom is -0.481 e. The van der Waals surface area contributed by atoms with E-state index in [2.05, 4.69) is 5.32 Å². The second-order valence-electron chi connectivity index (χ2n) is 6.12. The van der Waals surface area contributed by atoms with Gasteiger partial charge in [0.1, 0.15) is 0 Å². The first-order valence-electron chi connectivity index (χ1n) is 7.93. The van der Waals surface area contributed by atoms with Crippen LogP contribution in [0.1, 0.15) is 49.7 Å². The van der Waals surface area contributed by atoms with Gasteiger partial charge in [-0.1, -0.05) is 31.0 Å². The molecule has 0 saturated heterocycles. The zero-order chi connectivity index (χ0) is 17.8. The minimum absolute atomic E-state index is 0.0587. The van der Waals surface area contributed by atoms with E-state index in [0.29, 0.717) is 24.8 Å².